The normalized spacial score (nSPS) is 14.1. The fourth-order valence-corrected chi connectivity index (χ4v) is 2.31. The minimum atomic E-state index is -3.57. The van der Waals surface area contributed by atoms with E-state index in [-0.39, 0.29) is 13.2 Å². The maximum absolute atomic E-state index is 11.8. The summed E-state index contributed by atoms with van der Waals surface area (Å²) in [6, 6.07) is -0.487. The van der Waals surface area contributed by atoms with Crippen LogP contribution in [0, 0.1) is 0 Å². The number of aliphatic hydroxyl groups is 1. The molecule has 1 heterocycles. The Hall–Kier alpha value is -1.03. The van der Waals surface area contributed by atoms with Gasteiger partial charge in [0, 0.05) is 20.2 Å². The van der Waals surface area contributed by atoms with E-state index in [1.54, 1.807) is 6.92 Å². The summed E-state index contributed by atoms with van der Waals surface area (Å²) in [6.45, 7) is 1.88. The van der Waals surface area contributed by atoms with Gasteiger partial charge in [-0.1, -0.05) is 0 Å². The van der Waals surface area contributed by atoms with Crippen LogP contribution in [0.1, 0.15) is 25.2 Å². The molecule has 0 aromatic carbocycles. The molecular weight excluding hydrogens is 246 g/mol. The molecule has 1 atom stereocenters. The Morgan fingerprint density at radius 1 is 1.65 bits per heavy atom. The van der Waals surface area contributed by atoms with Crippen molar-refractivity contribution in [2.24, 2.45) is 0 Å². The highest BCUT2D eigenvalue weighted by Crippen LogP contribution is 2.08. The minimum Gasteiger partial charge on any atom is -0.396 e. The molecule has 0 saturated heterocycles. The van der Waals surface area contributed by atoms with E-state index in [0.717, 1.165) is 4.31 Å². The monoisotopic (exact) mass is 263 g/mol. The van der Waals surface area contributed by atoms with Crippen LogP contribution < -0.4 is 4.72 Å². The van der Waals surface area contributed by atoms with Crippen LogP contribution in [0.3, 0.4) is 0 Å². The van der Waals surface area contributed by atoms with Gasteiger partial charge in [-0.25, -0.2) is 4.98 Å². The fraction of sp³-hybridized carbons (Fsp3) is 0.750. The van der Waals surface area contributed by atoms with Gasteiger partial charge in [-0.2, -0.15) is 22.5 Å². The van der Waals surface area contributed by atoms with Crippen LogP contribution in [0.15, 0.2) is 6.33 Å². The van der Waals surface area contributed by atoms with Crippen molar-refractivity contribution in [3.8, 4) is 0 Å². The van der Waals surface area contributed by atoms with Crippen molar-refractivity contribution in [2.45, 2.75) is 19.4 Å². The second kappa shape index (κ2) is 6.05. The van der Waals surface area contributed by atoms with E-state index >= 15 is 0 Å². The first-order valence-corrected chi connectivity index (χ1v) is 6.61. The molecular formula is C8H17N5O3S. The standard InChI is InChI=1S/C8H17N5O3S/c1-7(8-9-6-10-11-8)12-17(15,16)13(2)4-3-5-14/h6-7,12,14H,3-5H2,1-2H3,(H,9,10,11). The Kier molecular flexibility index (Phi) is 5.00. The Morgan fingerprint density at radius 2 is 2.35 bits per heavy atom. The first-order valence-electron chi connectivity index (χ1n) is 5.17. The summed E-state index contributed by atoms with van der Waals surface area (Å²) in [6.07, 6.45) is 1.71. The van der Waals surface area contributed by atoms with E-state index in [1.165, 1.54) is 13.4 Å². The zero-order chi connectivity index (χ0) is 12.9. The van der Waals surface area contributed by atoms with Crippen molar-refractivity contribution in [2.75, 3.05) is 20.2 Å². The predicted molar refractivity (Wildman–Crippen MR) is 61.2 cm³/mol. The van der Waals surface area contributed by atoms with Gasteiger partial charge in [0.1, 0.15) is 12.2 Å². The van der Waals surface area contributed by atoms with Crippen LogP contribution in [-0.4, -0.2) is 53.2 Å². The van der Waals surface area contributed by atoms with Crippen molar-refractivity contribution in [3.05, 3.63) is 12.2 Å². The molecule has 0 aliphatic carbocycles. The zero-order valence-corrected chi connectivity index (χ0v) is 10.6. The Labute approximate surface area is 100 Å². The SMILES string of the molecule is CC(NS(=O)(=O)N(C)CCCO)c1ncn[nH]1. The van der Waals surface area contributed by atoms with E-state index in [0.29, 0.717) is 12.2 Å². The zero-order valence-electron chi connectivity index (χ0n) is 9.79. The van der Waals surface area contributed by atoms with E-state index in [2.05, 4.69) is 19.9 Å². The number of aromatic amines is 1. The lowest BCUT2D eigenvalue weighted by Crippen LogP contribution is -2.40. The molecule has 1 aromatic heterocycles. The van der Waals surface area contributed by atoms with E-state index < -0.39 is 16.3 Å². The molecule has 98 valence electrons. The lowest BCUT2D eigenvalue weighted by atomic mass is 10.3. The Morgan fingerprint density at radius 3 is 2.88 bits per heavy atom. The quantitative estimate of drug-likeness (QED) is 0.585. The third kappa shape index (κ3) is 4.04. The summed E-state index contributed by atoms with van der Waals surface area (Å²) < 4.78 is 27.2. The van der Waals surface area contributed by atoms with Gasteiger partial charge in [-0.3, -0.25) is 5.10 Å². The lowest BCUT2D eigenvalue weighted by Gasteiger charge is -2.19. The van der Waals surface area contributed by atoms with Crippen LogP contribution >= 0.6 is 0 Å². The topological polar surface area (TPSA) is 111 Å². The third-order valence-corrected chi connectivity index (χ3v) is 3.87. The van der Waals surface area contributed by atoms with Crippen molar-refractivity contribution in [1.82, 2.24) is 24.2 Å². The van der Waals surface area contributed by atoms with Crippen LogP contribution in [0.5, 0.6) is 0 Å². The van der Waals surface area contributed by atoms with Gasteiger partial charge in [0.2, 0.25) is 0 Å². The summed E-state index contributed by atoms with van der Waals surface area (Å²) in [5, 5.41) is 14.9. The summed E-state index contributed by atoms with van der Waals surface area (Å²) in [5.74, 6) is 0.448. The Balaban J connectivity index is 2.60. The highest BCUT2D eigenvalue weighted by atomic mass is 32.2. The average molecular weight is 263 g/mol. The van der Waals surface area contributed by atoms with Gasteiger partial charge < -0.3 is 5.11 Å². The first kappa shape index (κ1) is 14.0. The summed E-state index contributed by atoms with van der Waals surface area (Å²) in [7, 11) is -2.12. The fourth-order valence-electron chi connectivity index (χ4n) is 1.21. The molecule has 1 rings (SSSR count). The largest absolute Gasteiger partial charge is 0.396 e. The molecule has 0 saturated carbocycles. The number of rotatable bonds is 7. The molecule has 1 aromatic rings. The Bertz CT molecular complexity index is 418. The van der Waals surface area contributed by atoms with Crippen LogP contribution in [0.25, 0.3) is 0 Å². The second-order valence-corrected chi connectivity index (χ2v) is 5.42. The number of hydrogen-bond donors (Lipinski definition) is 3. The first-order chi connectivity index (χ1) is 7.97. The molecule has 0 radical (unpaired) electrons. The maximum atomic E-state index is 11.8. The molecule has 1 unspecified atom stereocenters. The number of aliphatic hydroxyl groups excluding tert-OH is 1. The smallest absolute Gasteiger partial charge is 0.279 e. The summed E-state index contributed by atoms with van der Waals surface area (Å²) >= 11 is 0. The van der Waals surface area contributed by atoms with Gasteiger partial charge in [-0.15, -0.1) is 0 Å². The molecule has 0 amide bonds. The van der Waals surface area contributed by atoms with Gasteiger partial charge in [-0.05, 0) is 13.3 Å². The molecule has 9 heteroatoms. The van der Waals surface area contributed by atoms with Crippen LogP contribution in [0.2, 0.25) is 0 Å². The summed E-state index contributed by atoms with van der Waals surface area (Å²) in [4.78, 5) is 3.87. The third-order valence-electron chi connectivity index (χ3n) is 2.21. The van der Waals surface area contributed by atoms with Gasteiger partial charge in [0.05, 0.1) is 6.04 Å². The highest BCUT2D eigenvalue weighted by Gasteiger charge is 2.21. The number of aromatic nitrogens is 3. The molecule has 0 aliphatic rings. The van der Waals surface area contributed by atoms with Gasteiger partial charge in [0.15, 0.2) is 0 Å². The maximum Gasteiger partial charge on any atom is 0.279 e. The minimum absolute atomic E-state index is 0.0441. The second-order valence-electron chi connectivity index (χ2n) is 3.61. The molecule has 0 fully saturated rings. The van der Waals surface area contributed by atoms with E-state index in [9.17, 15) is 8.42 Å². The predicted octanol–water partition coefficient (Wildman–Crippen LogP) is -0.986. The van der Waals surface area contributed by atoms with Crippen molar-refractivity contribution in [1.29, 1.82) is 0 Å². The van der Waals surface area contributed by atoms with Crippen molar-refractivity contribution in [3.63, 3.8) is 0 Å². The average Bonchev–Trinajstić information content (AvgIpc) is 2.78. The van der Waals surface area contributed by atoms with Gasteiger partial charge >= 0.3 is 0 Å². The van der Waals surface area contributed by atoms with Gasteiger partial charge in [0.25, 0.3) is 10.2 Å². The molecule has 0 aliphatic heterocycles. The van der Waals surface area contributed by atoms with Crippen LogP contribution in [-0.2, 0) is 10.2 Å². The number of nitrogens with zero attached hydrogens (tertiary/aromatic N) is 3. The lowest BCUT2D eigenvalue weighted by molar-refractivity contribution is 0.275. The molecule has 0 spiro atoms. The van der Waals surface area contributed by atoms with E-state index in [4.69, 9.17) is 5.11 Å². The number of hydrogen-bond acceptors (Lipinski definition) is 5. The number of nitrogens with one attached hydrogen (secondary N) is 2. The van der Waals surface area contributed by atoms with E-state index in [1.807, 2.05) is 0 Å². The number of H-pyrrole nitrogens is 1. The molecule has 0 bridgehead atoms. The van der Waals surface area contributed by atoms with Crippen LogP contribution in [0.4, 0.5) is 0 Å². The summed E-state index contributed by atoms with van der Waals surface area (Å²) in [5.41, 5.74) is 0. The van der Waals surface area contributed by atoms with Crippen molar-refractivity contribution >= 4 is 10.2 Å². The highest BCUT2D eigenvalue weighted by molar-refractivity contribution is 7.87. The molecule has 8 nitrogen and oxygen atoms in total. The molecule has 17 heavy (non-hydrogen) atoms. The molecule has 3 N–H and O–H groups in total. The van der Waals surface area contributed by atoms with Crippen molar-refractivity contribution < 1.29 is 13.5 Å².